The van der Waals surface area contributed by atoms with Gasteiger partial charge in [0.15, 0.2) is 0 Å². The molecule has 0 aromatic carbocycles. The molecule has 5 heteroatoms. The van der Waals surface area contributed by atoms with Crippen LogP contribution in [0.15, 0.2) is 0 Å². The average molecular weight is 231 g/mol. The summed E-state index contributed by atoms with van der Waals surface area (Å²) in [6, 6.07) is 0. The van der Waals surface area contributed by atoms with Crippen molar-refractivity contribution in [3.63, 3.8) is 0 Å². The molecular weight excluding hydrogens is 210 g/mol. The van der Waals surface area contributed by atoms with E-state index in [1.807, 2.05) is 13.8 Å². The number of aliphatic hydroxyl groups is 1. The number of piperazine rings is 1. The summed E-state index contributed by atoms with van der Waals surface area (Å²) in [5, 5.41) is 9.69. The Hall–Kier alpha value is -0.230. The zero-order chi connectivity index (χ0) is 11.5. The molecule has 1 saturated heterocycles. The predicted octanol–water partition coefficient (Wildman–Crippen LogP) is -0.339. The summed E-state index contributed by atoms with van der Waals surface area (Å²) < 4.78 is 0. The fourth-order valence-electron chi connectivity index (χ4n) is 1.87. The van der Waals surface area contributed by atoms with E-state index in [1.165, 1.54) is 0 Å². The highest BCUT2D eigenvalue weighted by Gasteiger charge is 2.22. The van der Waals surface area contributed by atoms with Crippen LogP contribution in [0.25, 0.3) is 0 Å². The molecule has 0 atom stereocenters. The van der Waals surface area contributed by atoms with Crippen LogP contribution in [0.5, 0.6) is 0 Å². The van der Waals surface area contributed by atoms with Crippen molar-refractivity contribution in [3.05, 3.63) is 0 Å². The highest BCUT2D eigenvalue weighted by molar-refractivity contribution is 7.80. The number of nitrogens with two attached hydrogens (primary N) is 1. The van der Waals surface area contributed by atoms with E-state index < -0.39 is 5.60 Å². The van der Waals surface area contributed by atoms with Crippen LogP contribution in [0.3, 0.4) is 0 Å². The average Bonchev–Trinajstić information content (AvgIpc) is 2.05. The van der Waals surface area contributed by atoms with E-state index >= 15 is 0 Å². The Bertz CT molecular complexity index is 219. The second kappa shape index (κ2) is 5.21. The summed E-state index contributed by atoms with van der Waals surface area (Å²) in [5.74, 6) is 0. The maximum Gasteiger partial charge on any atom is 0.0870 e. The summed E-state index contributed by atoms with van der Waals surface area (Å²) in [7, 11) is 0. The molecule has 0 spiro atoms. The van der Waals surface area contributed by atoms with Gasteiger partial charge in [-0.3, -0.25) is 9.80 Å². The SMILES string of the molecule is CC(C)(O)CN1CCN(CC(N)=S)CC1. The van der Waals surface area contributed by atoms with Gasteiger partial charge in [0.05, 0.1) is 10.6 Å². The minimum Gasteiger partial charge on any atom is -0.392 e. The topological polar surface area (TPSA) is 52.7 Å². The van der Waals surface area contributed by atoms with Crippen LogP contribution in [0.4, 0.5) is 0 Å². The molecule has 88 valence electrons. The second-order valence-corrected chi connectivity index (χ2v) is 5.36. The molecule has 0 aromatic rings. The lowest BCUT2D eigenvalue weighted by Gasteiger charge is -2.37. The van der Waals surface area contributed by atoms with Gasteiger partial charge in [-0.15, -0.1) is 0 Å². The standard InChI is InChI=1S/C10H21N3OS/c1-10(2,14)8-13-5-3-12(4-6-13)7-9(11)15/h14H,3-8H2,1-2H3,(H2,11,15). The molecule has 0 radical (unpaired) electrons. The fourth-order valence-corrected chi connectivity index (χ4v) is 2.06. The van der Waals surface area contributed by atoms with E-state index in [0.717, 1.165) is 32.7 Å². The van der Waals surface area contributed by atoms with E-state index in [9.17, 15) is 5.11 Å². The van der Waals surface area contributed by atoms with Gasteiger partial charge in [0.25, 0.3) is 0 Å². The minimum atomic E-state index is -0.606. The second-order valence-electron chi connectivity index (χ2n) is 4.83. The van der Waals surface area contributed by atoms with Gasteiger partial charge in [0, 0.05) is 39.3 Å². The van der Waals surface area contributed by atoms with Gasteiger partial charge < -0.3 is 10.8 Å². The zero-order valence-electron chi connectivity index (χ0n) is 9.57. The first kappa shape index (κ1) is 12.8. The van der Waals surface area contributed by atoms with Crippen molar-refractivity contribution in [2.45, 2.75) is 19.4 Å². The van der Waals surface area contributed by atoms with Crippen LogP contribution in [-0.4, -0.2) is 64.8 Å². The number of hydrogen-bond acceptors (Lipinski definition) is 4. The van der Waals surface area contributed by atoms with Crippen molar-refractivity contribution >= 4 is 17.2 Å². The Kier molecular flexibility index (Phi) is 4.45. The Balaban J connectivity index is 2.27. The molecule has 0 bridgehead atoms. The van der Waals surface area contributed by atoms with Gasteiger partial charge >= 0.3 is 0 Å². The Morgan fingerprint density at radius 2 is 1.73 bits per heavy atom. The molecule has 15 heavy (non-hydrogen) atoms. The number of thiocarbonyl (C=S) groups is 1. The summed E-state index contributed by atoms with van der Waals surface area (Å²) in [4.78, 5) is 5.09. The first-order chi connectivity index (χ1) is 6.87. The van der Waals surface area contributed by atoms with Crippen LogP contribution in [-0.2, 0) is 0 Å². The van der Waals surface area contributed by atoms with Crippen molar-refractivity contribution in [1.29, 1.82) is 0 Å². The molecule has 1 fully saturated rings. The van der Waals surface area contributed by atoms with Gasteiger partial charge in [0.2, 0.25) is 0 Å². The third kappa shape index (κ3) is 5.41. The van der Waals surface area contributed by atoms with Crippen LogP contribution in [0.2, 0.25) is 0 Å². The molecule has 4 nitrogen and oxygen atoms in total. The molecule has 3 N–H and O–H groups in total. The maximum atomic E-state index is 9.69. The molecule has 0 saturated carbocycles. The molecule has 1 rings (SSSR count). The van der Waals surface area contributed by atoms with Crippen molar-refractivity contribution in [3.8, 4) is 0 Å². The number of β-amino-alcohol motifs (C(OH)–C–C–N with tert-alkyl or cyclic N) is 1. The molecule has 0 amide bonds. The molecule has 0 aromatic heterocycles. The predicted molar refractivity (Wildman–Crippen MR) is 66.0 cm³/mol. The largest absolute Gasteiger partial charge is 0.392 e. The lowest BCUT2D eigenvalue weighted by atomic mass is 10.1. The molecule has 1 aliphatic rings. The quantitative estimate of drug-likeness (QED) is 0.648. The van der Waals surface area contributed by atoms with Gasteiger partial charge in [0.1, 0.15) is 0 Å². The van der Waals surface area contributed by atoms with Gasteiger partial charge in [-0.05, 0) is 13.8 Å². The third-order valence-electron chi connectivity index (χ3n) is 2.45. The monoisotopic (exact) mass is 231 g/mol. The molecule has 1 heterocycles. The first-order valence-electron chi connectivity index (χ1n) is 5.32. The normalized spacial score (nSPS) is 20.5. The highest BCUT2D eigenvalue weighted by atomic mass is 32.1. The lowest BCUT2D eigenvalue weighted by molar-refractivity contribution is 0.0198. The first-order valence-corrected chi connectivity index (χ1v) is 5.73. The van der Waals surface area contributed by atoms with E-state index in [2.05, 4.69) is 9.80 Å². The highest BCUT2D eigenvalue weighted by Crippen LogP contribution is 2.08. The van der Waals surface area contributed by atoms with E-state index in [4.69, 9.17) is 18.0 Å². The van der Waals surface area contributed by atoms with Crippen LogP contribution in [0.1, 0.15) is 13.8 Å². The summed E-state index contributed by atoms with van der Waals surface area (Å²) >= 11 is 4.88. The molecule has 0 aliphatic carbocycles. The Morgan fingerprint density at radius 3 is 2.13 bits per heavy atom. The van der Waals surface area contributed by atoms with Crippen molar-refractivity contribution < 1.29 is 5.11 Å². The van der Waals surface area contributed by atoms with E-state index in [-0.39, 0.29) is 0 Å². The molecule has 0 unspecified atom stereocenters. The zero-order valence-corrected chi connectivity index (χ0v) is 10.4. The van der Waals surface area contributed by atoms with Gasteiger partial charge in [-0.25, -0.2) is 0 Å². The Labute approximate surface area is 97.0 Å². The van der Waals surface area contributed by atoms with Gasteiger partial charge in [-0.1, -0.05) is 12.2 Å². The van der Waals surface area contributed by atoms with Crippen LogP contribution < -0.4 is 5.73 Å². The van der Waals surface area contributed by atoms with Gasteiger partial charge in [-0.2, -0.15) is 0 Å². The maximum absolute atomic E-state index is 9.69. The number of hydrogen-bond donors (Lipinski definition) is 2. The smallest absolute Gasteiger partial charge is 0.0870 e. The Morgan fingerprint density at radius 1 is 1.27 bits per heavy atom. The number of rotatable bonds is 4. The van der Waals surface area contributed by atoms with Crippen LogP contribution >= 0.6 is 12.2 Å². The number of nitrogens with zero attached hydrogens (tertiary/aromatic N) is 2. The van der Waals surface area contributed by atoms with Crippen LogP contribution in [0, 0.1) is 0 Å². The third-order valence-corrected chi connectivity index (χ3v) is 2.58. The summed E-state index contributed by atoms with van der Waals surface area (Å²) in [6.45, 7) is 9.04. The van der Waals surface area contributed by atoms with Crippen molar-refractivity contribution in [2.75, 3.05) is 39.3 Å². The minimum absolute atomic E-state index is 0.561. The summed E-state index contributed by atoms with van der Waals surface area (Å²) in [5.41, 5.74) is 4.89. The fraction of sp³-hybridized carbons (Fsp3) is 0.900. The molecular formula is C10H21N3OS. The van der Waals surface area contributed by atoms with Crippen molar-refractivity contribution in [2.24, 2.45) is 5.73 Å². The summed E-state index contributed by atoms with van der Waals surface area (Å²) in [6.07, 6.45) is 0. The van der Waals surface area contributed by atoms with E-state index in [1.54, 1.807) is 0 Å². The van der Waals surface area contributed by atoms with Crippen molar-refractivity contribution in [1.82, 2.24) is 9.80 Å². The van der Waals surface area contributed by atoms with E-state index in [0.29, 0.717) is 11.5 Å². The lowest BCUT2D eigenvalue weighted by Crippen LogP contribution is -2.51. The molecule has 1 aliphatic heterocycles.